The Bertz CT molecular complexity index is 889. The van der Waals surface area contributed by atoms with Crippen LogP contribution in [0.25, 0.3) is 22.3 Å². The van der Waals surface area contributed by atoms with Crippen LogP contribution in [0.3, 0.4) is 0 Å². The lowest BCUT2D eigenvalue weighted by molar-refractivity contribution is 0.0399. The first-order chi connectivity index (χ1) is 10.5. The molecule has 0 aliphatic carbocycles. The Morgan fingerprint density at radius 1 is 1.36 bits per heavy atom. The number of H-pyrrole nitrogens is 1. The predicted octanol–water partition coefficient (Wildman–Crippen LogP) is 1.67. The average Bonchev–Trinajstić information content (AvgIpc) is 2.84. The standard InChI is InChI=1S/C14H11ClFN3O3/c15-9-5-17-13-12(19(10(21)6-20)14(22)18-13)11(9)7-1-3-8(16)4-2-7/h1-5,10,20-21H,6H2,(H,17,18,22). The van der Waals surface area contributed by atoms with Crippen LogP contribution in [0.15, 0.2) is 35.3 Å². The summed E-state index contributed by atoms with van der Waals surface area (Å²) in [6.07, 6.45) is -0.0884. The Kier molecular flexibility index (Phi) is 3.69. The number of rotatable bonds is 3. The van der Waals surface area contributed by atoms with Crippen molar-refractivity contribution in [1.29, 1.82) is 0 Å². The lowest BCUT2D eigenvalue weighted by atomic mass is 10.1. The second-order valence-electron chi connectivity index (χ2n) is 4.65. The molecule has 3 aromatic rings. The summed E-state index contributed by atoms with van der Waals surface area (Å²) in [6, 6.07) is 5.53. The number of aliphatic hydroxyl groups is 2. The molecule has 0 aliphatic heterocycles. The van der Waals surface area contributed by atoms with Crippen molar-refractivity contribution in [3.05, 3.63) is 51.8 Å². The molecular formula is C14H11ClFN3O3. The molecule has 1 unspecified atom stereocenters. The highest BCUT2D eigenvalue weighted by Gasteiger charge is 2.20. The summed E-state index contributed by atoms with van der Waals surface area (Å²) in [5.41, 5.74) is 0.788. The summed E-state index contributed by atoms with van der Waals surface area (Å²) in [6.45, 7) is -0.651. The van der Waals surface area contributed by atoms with Crippen molar-refractivity contribution in [3.63, 3.8) is 0 Å². The number of aromatic nitrogens is 3. The van der Waals surface area contributed by atoms with E-state index in [9.17, 15) is 14.3 Å². The fraction of sp³-hybridized carbons (Fsp3) is 0.143. The van der Waals surface area contributed by atoms with Gasteiger partial charge in [-0.1, -0.05) is 23.7 Å². The van der Waals surface area contributed by atoms with E-state index in [0.717, 1.165) is 4.57 Å². The molecule has 0 amide bonds. The van der Waals surface area contributed by atoms with Gasteiger partial charge in [0.15, 0.2) is 11.9 Å². The molecule has 3 rings (SSSR count). The van der Waals surface area contributed by atoms with Crippen LogP contribution in [0.2, 0.25) is 5.02 Å². The van der Waals surface area contributed by atoms with Crippen LogP contribution in [-0.2, 0) is 0 Å². The van der Waals surface area contributed by atoms with Crippen LogP contribution in [0.5, 0.6) is 0 Å². The van der Waals surface area contributed by atoms with Gasteiger partial charge in [-0.3, -0.25) is 9.55 Å². The molecule has 1 atom stereocenters. The number of fused-ring (bicyclic) bond motifs is 1. The van der Waals surface area contributed by atoms with Crippen molar-refractivity contribution >= 4 is 22.8 Å². The van der Waals surface area contributed by atoms with Gasteiger partial charge >= 0.3 is 5.69 Å². The van der Waals surface area contributed by atoms with Gasteiger partial charge in [0.1, 0.15) is 11.3 Å². The second-order valence-corrected chi connectivity index (χ2v) is 5.06. The first kappa shape index (κ1) is 14.7. The van der Waals surface area contributed by atoms with Crippen molar-refractivity contribution < 1.29 is 14.6 Å². The smallest absolute Gasteiger partial charge is 0.329 e. The fourth-order valence-corrected chi connectivity index (χ4v) is 2.57. The topological polar surface area (TPSA) is 91.1 Å². The molecule has 2 aromatic heterocycles. The van der Waals surface area contributed by atoms with Crippen molar-refractivity contribution in [2.45, 2.75) is 6.23 Å². The Balaban J connectivity index is 2.40. The minimum Gasteiger partial charge on any atom is -0.392 e. The Morgan fingerprint density at radius 3 is 2.68 bits per heavy atom. The summed E-state index contributed by atoms with van der Waals surface area (Å²) < 4.78 is 14.1. The van der Waals surface area contributed by atoms with Crippen LogP contribution in [0.1, 0.15) is 6.23 Å². The average molecular weight is 324 g/mol. The van der Waals surface area contributed by atoms with E-state index in [2.05, 4.69) is 9.97 Å². The van der Waals surface area contributed by atoms with Gasteiger partial charge < -0.3 is 10.2 Å². The summed E-state index contributed by atoms with van der Waals surface area (Å²) in [4.78, 5) is 18.5. The monoisotopic (exact) mass is 323 g/mol. The number of pyridine rings is 1. The number of nitrogens with one attached hydrogen (secondary N) is 1. The van der Waals surface area contributed by atoms with Gasteiger partial charge in [-0.2, -0.15) is 0 Å². The first-order valence-corrected chi connectivity index (χ1v) is 6.74. The SMILES string of the molecule is O=c1[nH]c2ncc(Cl)c(-c3ccc(F)cc3)c2n1C(O)CO. The molecule has 8 heteroatoms. The molecule has 0 saturated heterocycles. The van der Waals surface area contributed by atoms with Gasteiger partial charge in [0.25, 0.3) is 0 Å². The fourth-order valence-electron chi connectivity index (χ4n) is 2.32. The normalized spacial score (nSPS) is 12.7. The minimum absolute atomic E-state index is 0.209. The molecule has 0 aliphatic rings. The van der Waals surface area contributed by atoms with Crippen molar-refractivity contribution in [2.24, 2.45) is 0 Å². The van der Waals surface area contributed by atoms with E-state index >= 15 is 0 Å². The van der Waals surface area contributed by atoms with Crippen molar-refractivity contribution in [2.75, 3.05) is 6.61 Å². The molecule has 0 fully saturated rings. The minimum atomic E-state index is -1.44. The van der Waals surface area contributed by atoms with Gasteiger partial charge in [0, 0.05) is 11.8 Å². The number of hydrogen-bond acceptors (Lipinski definition) is 4. The molecule has 0 spiro atoms. The highest BCUT2D eigenvalue weighted by Crippen LogP contribution is 2.33. The Labute approximate surface area is 128 Å². The lowest BCUT2D eigenvalue weighted by Gasteiger charge is -2.13. The van der Waals surface area contributed by atoms with Gasteiger partial charge in [0.2, 0.25) is 0 Å². The van der Waals surface area contributed by atoms with Gasteiger partial charge in [0.05, 0.1) is 11.6 Å². The van der Waals surface area contributed by atoms with E-state index in [0.29, 0.717) is 11.1 Å². The third-order valence-electron chi connectivity index (χ3n) is 3.29. The highest BCUT2D eigenvalue weighted by molar-refractivity contribution is 6.34. The number of nitrogens with zero attached hydrogens (tertiary/aromatic N) is 2. The Morgan fingerprint density at radius 2 is 2.05 bits per heavy atom. The molecule has 6 nitrogen and oxygen atoms in total. The summed E-state index contributed by atoms with van der Waals surface area (Å²) in [5, 5.41) is 19.2. The molecular weight excluding hydrogens is 313 g/mol. The third kappa shape index (κ3) is 2.29. The summed E-state index contributed by atoms with van der Waals surface area (Å²) in [7, 11) is 0. The predicted molar refractivity (Wildman–Crippen MR) is 79.1 cm³/mol. The molecule has 0 saturated carbocycles. The maximum atomic E-state index is 13.1. The van der Waals surface area contributed by atoms with Crippen LogP contribution >= 0.6 is 11.6 Å². The molecule has 22 heavy (non-hydrogen) atoms. The molecule has 2 heterocycles. The number of hydrogen-bond donors (Lipinski definition) is 3. The summed E-state index contributed by atoms with van der Waals surface area (Å²) in [5.74, 6) is -0.410. The largest absolute Gasteiger partial charge is 0.392 e. The second kappa shape index (κ2) is 5.53. The van der Waals surface area contributed by atoms with E-state index in [4.69, 9.17) is 16.7 Å². The van der Waals surface area contributed by atoms with Crippen molar-refractivity contribution in [1.82, 2.24) is 14.5 Å². The maximum Gasteiger partial charge on any atom is 0.329 e. The summed E-state index contributed by atoms with van der Waals surface area (Å²) >= 11 is 6.18. The zero-order valence-corrected chi connectivity index (χ0v) is 11.9. The maximum absolute atomic E-state index is 13.1. The van der Waals surface area contributed by atoms with E-state index in [1.807, 2.05) is 0 Å². The molecule has 1 aromatic carbocycles. The van der Waals surface area contributed by atoms with E-state index < -0.39 is 24.3 Å². The van der Waals surface area contributed by atoms with Gasteiger partial charge in [-0.25, -0.2) is 14.2 Å². The number of aromatic amines is 1. The van der Waals surface area contributed by atoms with E-state index in [1.54, 1.807) is 0 Å². The number of imidazole rings is 1. The van der Waals surface area contributed by atoms with Gasteiger partial charge in [-0.05, 0) is 17.7 Å². The van der Waals surface area contributed by atoms with Gasteiger partial charge in [-0.15, -0.1) is 0 Å². The number of aliphatic hydroxyl groups excluding tert-OH is 2. The van der Waals surface area contributed by atoms with E-state index in [1.165, 1.54) is 30.5 Å². The van der Waals surface area contributed by atoms with Crippen LogP contribution in [0, 0.1) is 5.82 Å². The number of halogens is 2. The zero-order valence-electron chi connectivity index (χ0n) is 11.1. The van der Waals surface area contributed by atoms with Crippen LogP contribution in [0.4, 0.5) is 4.39 Å². The molecule has 0 bridgehead atoms. The lowest BCUT2D eigenvalue weighted by Crippen LogP contribution is -2.24. The van der Waals surface area contributed by atoms with Crippen molar-refractivity contribution in [3.8, 4) is 11.1 Å². The Hall–Kier alpha value is -2.22. The first-order valence-electron chi connectivity index (χ1n) is 6.36. The zero-order chi connectivity index (χ0) is 15.9. The molecule has 114 valence electrons. The van der Waals surface area contributed by atoms with E-state index in [-0.39, 0.29) is 16.2 Å². The number of benzene rings is 1. The van der Waals surface area contributed by atoms with Crippen LogP contribution < -0.4 is 5.69 Å². The van der Waals surface area contributed by atoms with Crippen LogP contribution in [-0.4, -0.2) is 31.4 Å². The molecule has 0 radical (unpaired) electrons. The molecule has 3 N–H and O–H groups in total. The third-order valence-corrected chi connectivity index (χ3v) is 3.57. The quantitative estimate of drug-likeness (QED) is 0.683. The highest BCUT2D eigenvalue weighted by atomic mass is 35.5.